The van der Waals surface area contributed by atoms with E-state index >= 15 is 0 Å². The largest absolute Gasteiger partial charge is 0.464 e. The quantitative estimate of drug-likeness (QED) is 0.448. The van der Waals surface area contributed by atoms with Crippen molar-refractivity contribution in [2.24, 2.45) is 4.99 Å². The van der Waals surface area contributed by atoms with Gasteiger partial charge in [0.1, 0.15) is 11.5 Å². The van der Waals surface area contributed by atoms with E-state index in [0.29, 0.717) is 18.1 Å². The molecule has 122 valence electrons. The lowest BCUT2D eigenvalue weighted by Crippen LogP contribution is -2.38. The Morgan fingerprint density at radius 2 is 1.96 bits per heavy atom. The zero-order valence-electron chi connectivity index (χ0n) is 13.5. The second kappa shape index (κ2) is 9.20. The summed E-state index contributed by atoms with van der Waals surface area (Å²) in [5, 5.41) is 15.3. The molecule has 0 radical (unpaired) electrons. The van der Waals surface area contributed by atoms with E-state index in [4.69, 9.17) is 9.68 Å². The van der Waals surface area contributed by atoms with Crippen molar-refractivity contribution in [1.29, 1.82) is 5.26 Å². The summed E-state index contributed by atoms with van der Waals surface area (Å²) in [4.78, 5) is 4.21. The summed E-state index contributed by atoms with van der Waals surface area (Å²) >= 11 is 0. The first kappa shape index (κ1) is 19.0. The Labute approximate surface area is 153 Å². The molecule has 1 aromatic heterocycles. The number of aliphatic imine (C=N–C) groups is 1. The van der Waals surface area contributed by atoms with Crippen LogP contribution in [0.4, 0.5) is 0 Å². The number of furan rings is 1. The van der Waals surface area contributed by atoms with Crippen LogP contribution in [-0.2, 0) is 6.54 Å². The molecule has 23 heavy (non-hydrogen) atoms. The number of nitriles is 1. The van der Waals surface area contributed by atoms with E-state index in [-0.39, 0.29) is 30.0 Å². The molecule has 1 unspecified atom stereocenters. The summed E-state index contributed by atoms with van der Waals surface area (Å²) in [6, 6.07) is 13.5. The summed E-state index contributed by atoms with van der Waals surface area (Å²) in [6.45, 7) is 4.58. The molecule has 0 spiro atoms. The van der Waals surface area contributed by atoms with Crippen molar-refractivity contribution in [3.63, 3.8) is 0 Å². The fraction of sp³-hybridized carbons (Fsp3) is 0.294. The number of rotatable bonds is 4. The number of nitrogens with one attached hydrogen (secondary N) is 2. The minimum absolute atomic E-state index is 0. The lowest BCUT2D eigenvalue weighted by Gasteiger charge is -2.16. The van der Waals surface area contributed by atoms with Gasteiger partial charge in [0, 0.05) is 13.6 Å². The Bertz CT molecular complexity index is 685. The lowest BCUT2D eigenvalue weighted by atomic mass is 10.1. The van der Waals surface area contributed by atoms with Crippen LogP contribution in [0.2, 0.25) is 0 Å². The van der Waals surface area contributed by atoms with Gasteiger partial charge in [0.2, 0.25) is 0 Å². The molecular weight excluding hydrogens is 403 g/mol. The third-order valence-electron chi connectivity index (χ3n) is 3.31. The van der Waals surface area contributed by atoms with Gasteiger partial charge in [0.15, 0.2) is 5.96 Å². The van der Waals surface area contributed by atoms with Crippen molar-refractivity contribution in [3.05, 3.63) is 59.0 Å². The van der Waals surface area contributed by atoms with Crippen molar-refractivity contribution in [2.75, 3.05) is 7.05 Å². The number of guanidine groups is 1. The first-order valence-corrected chi connectivity index (χ1v) is 7.15. The Kier molecular flexibility index (Phi) is 7.62. The minimum atomic E-state index is 0. The molecule has 1 heterocycles. The monoisotopic (exact) mass is 424 g/mol. The van der Waals surface area contributed by atoms with Crippen molar-refractivity contribution in [1.82, 2.24) is 10.6 Å². The van der Waals surface area contributed by atoms with Crippen LogP contribution >= 0.6 is 24.0 Å². The maximum atomic E-state index is 8.79. The Hall–Kier alpha value is -2.01. The van der Waals surface area contributed by atoms with Crippen molar-refractivity contribution < 1.29 is 4.42 Å². The lowest BCUT2D eigenvalue weighted by molar-refractivity contribution is 0.441. The van der Waals surface area contributed by atoms with Crippen molar-refractivity contribution >= 4 is 29.9 Å². The van der Waals surface area contributed by atoms with Crippen molar-refractivity contribution in [2.45, 2.75) is 26.4 Å². The molecule has 0 aliphatic rings. The fourth-order valence-corrected chi connectivity index (χ4v) is 2.04. The SMILES string of the molecule is CN=C(NCc1ccc(C#N)cc1)NC(C)c1ccc(C)o1.I. The first-order valence-electron chi connectivity index (χ1n) is 7.15. The molecule has 0 saturated carbocycles. The van der Waals surface area contributed by atoms with Crippen LogP contribution in [0, 0.1) is 18.3 Å². The molecule has 1 atom stereocenters. The molecule has 0 aliphatic heterocycles. The van der Waals surface area contributed by atoms with Crippen LogP contribution in [0.1, 0.15) is 35.6 Å². The summed E-state index contributed by atoms with van der Waals surface area (Å²) in [6.07, 6.45) is 0. The van der Waals surface area contributed by atoms with Gasteiger partial charge < -0.3 is 15.1 Å². The second-order valence-electron chi connectivity index (χ2n) is 5.05. The van der Waals surface area contributed by atoms with Crippen LogP contribution in [0.5, 0.6) is 0 Å². The molecule has 6 heteroatoms. The highest BCUT2D eigenvalue weighted by Gasteiger charge is 2.11. The van der Waals surface area contributed by atoms with Crippen LogP contribution in [-0.4, -0.2) is 13.0 Å². The maximum absolute atomic E-state index is 8.79. The predicted molar refractivity (Wildman–Crippen MR) is 102 cm³/mol. The van der Waals surface area contributed by atoms with Crippen molar-refractivity contribution in [3.8, 4) is 6.07 Å². The highest BCUT2D eigenvalue weighted by molar-refractivity contribution is 14.0. The molecule has 1 aromatic carbocycles. The van der Waals surface area contributed by atoms with Gasteiger partial charge in [-0.1, -0.05) is 12.1 Å². The summed E-state index contributed by atoms with van der Waals surface area (Å²) in [5.74, 6) is 2.47. The number of aryl methyl sites for hydroxylation is 1. The molecule has 2 aromatic rings. The summed E-state index contributed by atoms with van der Waals surface area (Å²) in [5.41, 5.74) is 1.75. The van der Waals surface area contributed by atoms with Gasteiger partial charge in [-0.2, -0.15) is 5.26 Å². The average Bonchev–Trinajstić information content (AvgIpc) is 2.98. The number of nitrogens with zero attached hydrogens (tertiary/aromatic N) is 2. The van der Waals surface area contributed by atoms with E-state index < -0.39 is 0 Å². The van der Waals surface area contributed by atoms with E-state index in [1.54, 1.807) is 19.2 Å². The second-order valence-corrected chi connectivity index (χ2v) is 5.05. The minimum Gasteiger partial charge on any atom is -0.464 e. The molecule has 0 amide bonds. The van der Waals surface area contributed by atoms with Gasteiger partial charge in [-0.25, -0.2) is 0 Å². The third-order valence-corrected chi connectivity index (χ3v) is 3.31. The van der Waals surface area contributed by atoms with Gasteiger partial charge in [-0.05, 0) is 43.7 Å². The Morgan fingerprint density at radius 3 is 2.48 bits per heavy atom. The summed E-state index contributed by atoms with van der Waals surface area (Å²) < 4.78 is 5.60. The maximum Gasteiger partial charge on any atom is 0.191 e. The summed E-state index contributed by atoms with van der Waals surface area (Å²) in [7, 11) is 1.73. The smallest absolute Gasteiger partial charge is 0.191 e. The fourth-order valence-electron chi connectivity index (χ4n) is 2.04. The van der Waals surface area contributed by atoms with Gasteiger partial charge in [0.25, 0.3) is 0 Å². The van der Waals surface area contributed by atoms with E-state index in [1.807, 2.05) is 38.1 Å². The number of halogens is 1. The molecule has 2 rings (SSSR count). The van der Waals surface area contributed by atoms with E-state index in [0.717, 1.165) is 17.1 Å². The third kappa shape index (κ3) is 5.60. The Balaban J connectivity index is 0.00000264. The zero-order chi connectivity index (χ0) is 15.9. The highest BCUT2D eigenvalue weighted by atomic mass is 127. The standard InChI is InChI=1S/C17H20N4O.HI/c1-12-4-9-16(22-12)13(2)21-17(19-3)20-11-15-7-5-14(10-18)6-8-15;/h4-9,13H,11H2,1-3H3,(H2,19,20,21);1H. The first-order chi connectivity index (χ1) is 10.6. The van der Waals surface area contributed by atoms with Gasteiger partial charge >= 0.3 is 0 Å². The molecule has 0 saturated heterocycles. The van der Waals surface area contributed by atoms with E-state index in [1.165, 1.54) is 0 Å². The topological polar surface area (TPSA) is 73.3 Å². The van der Waals surface area contributed by atoms with Crippen LogP contribution in [0.15, 0.2) is 45.8 Å². The molecule has 2 N–H and O–H groups in total. The average molecular weight is 424 g/mol. The number of hydrogen-bond donors (Lipinski definition) is 2. The number of hydrogen-bond acceptors (Lipinski definition) is 3. The molecular formula is C17H21IN4O. The van der Waals surface area contributed by atoms with E-state index in [2.05, 4.69) is 21.7 Å². The van der Waals surface area contributed by atoms with Gasteiger partial charge in [0.05, 0.1) is 17.7 Å². The predicted octanol–water partition coefficient (Wildman–Crippen LogP) is 3.50. The molecule has 0 fully saturated rings. The van der Waals surface area contributed by atoms with Gasteiger partial charge in [-0.15, -0.1) is 24.0 Å². The molecule has 5 nitrogen and oxygen atoms in total. The Morgan fingerprint density at radius 1 is 1.26 bits per heavy atom. The van der Waals surface area contributed by atoms with Crippen LogP contribution < -0.4 is 10.6 Å². The molecule has 0 bridgehead atoms. The van der Waals surface area contributed by atoms with E-state index in [9.17, 15) is 0 Å². The zero-order valence-corrected chi connectivity index (χ0v) is 15.8. The normalized spacial score (nSPS) is 12.0. The van der Waals surface area contributed by atoms with Crippen LogP contribution in [0.3, 0.4) is 0 Å². The molecule has 0 aliphatic carbocycles. The van der Waals surface area contributed by atoms with Gasteiger partial charge in [-0.3, -0.25) is 4.99 Å². The highest BCUT2D eigenvalue weighted by Crippen LogP contribution is 2.15. The number of benzene rings is 1. The van der Waals surface area contributed by atoms with Crippen LogP contribution in [0.25, 0.3) is 0 Å².